The fourth-order valence-electron chi connectivity index (χ4n) is 2.27. The van der Waals surface area contributed by atoms with E-state index in [1.54, 1.807) is 13.0 Å². The summed E-state index contributed by atoms with van der Waals surface area (Å²) in [4.78, 5) is 11.8. The lowest BCUT2D eigenvalue weighted by Crippen LogP contribution is -2.28. The zero-order chi connectivity index (χ0) is 17.5. The van der Waals surface area contributed by atoms with Crippen molar-refractivity contribution >= 4 is 29.2 Å². The molecule has 24 heavy (non-hydrogen) atoms. The van der Waals surface area contributed by atoms with E-state index in [1.165, 1.54) is 0 Å². The van der Waals surface area contributed by atoms with Crippen LogP contribution in [0.1, 0.15) is 31.4 Å². The van der Waals surface area contributed by atoms with Crippen molar-refractivity contribution in [3.63, 3.8) is 0 Å². The molecule has 0 saturated carbocycles. The zero-order valence-corrected chi connectivity index (χ0v) is 15.2. The summed E-state index contributed by atoms with van der Waals surface area (Å²) in [6.45, 7) is 4.01. The molecule has 0 N–H and O–H groups in total. The van der Waals surface area contributed by atoms with Crippen molar-refractivity contribution in [3.05, 3.63) is 63.6 Å². The van der Waals surface area contributed by atoms with E-state index in [0.717, 1.165) is 11.1 Å². The molecule has 2 aromatic rings. The van der Waals surface area contributed by atoms with Gasteiger partial charge in [-0.2, -0.15) is 0 Å². The molecule has 128 valence electrons. The predicted octanol–water partition coefficient (Wildman–Crippen LogP) is 5.30. The molecule has 0 bridgehead atoms. The van der Waals surface area contributed by atoms with E-state index in [-0.39, 0.29) is 5.97 Å². The number of carbonyl (C=O) groups excluding carboxylic acids is 1. The highest BCUT2D eigenvalue weighted by molar-refractivity contribution is 6.35. The summed E-state index contributed by atoms with van der Waals surface area (Å²) in [6, 6.07) is 13.1. The second-order valence-corrected chi connectivity index (χ2v) is 6.17. The van der Waals surface area contributed by atoms with E-state index < -0.39 is 6.10 Å². The highest BCUT2D eigenvalue weighted by Gasteiger charge is 2.19. The lowest BCUT2D eigenvalue weighted by Gasteiger charge is -2.16. The number of rotatable bonds is 7. The van der Waals surface area contributed by atoms with E-state index in [1.807, 2.05) is 43.3 Å². The Labute approximate surface area is 152 Å². The van der Waals surface area contributed by atoms with Crippen molar-refractivity contribution in [1.82, 2.24) is 0 Å². The third kappa shape index (κ3) is 5.15. The van der Waals surface area contributed by atoms with Gasteiger partial charge in [0.25, 0.3) is 0 Å². The van der Waals surface area contributed by atoms with Crippen LogP contribution in [0.25, 0.3) is 0 Å². The molecule has 2 rings (SSSR count). The Bertz CT molecular complexity index is 684. The second-order valence-electron chi connectivity index (χ2n) is 5.32. The molecule has 0 aliphatic carbocycles. The van der Waals surface area contributed by atoms with Gasteiger partial charge in [-0.05, 0) is 55.2 Å². The molecular formula is C19H20Cl2O3. The second kappa shape index (κ2) is 8.95. The Balaban J connectivity index is 2.03. The molecule has 0 spiro atoms. The molecule has 0 amide bonds. The smallest absolute Gasteiger partial charge is 0.347 e. The van der Waals surface area contributed by atoms with Crippen LogP contribution in [0.2, 0.25) is 10.0 Å². The van der Waals surface area contributed by atoms with E-state index in [2.05, 4.69) is 0 Å². The van der Waals surface area contributed by atoms with Crippen molar-refractivity contribution in [3.8, 4) is 5.75 Å². The molecule has 0 saturated heterocycles. The molecule has 5 heteroatoms. The molecule has 1 atom stereocenters. The van der Waals surface area contributed by atoms with E-state index in [9.17, 15) is 4.79 Å². The van der Waals surface area contributed by atoms with Crippen molar-refractivity contribution in [2.75, 3.05) is 6.61 Å². The molecule has 0 radical (unpaired) electrons. The van der Waals surface area contributed by atoms with Gasteiger partial charge in [-0.25, -0.2) is 4.79 Å². The number of ether oxygens (including phenoxy) is 2. The third-order valence-electron chi connectivity index (χ3n) is 3.53. The van der Waals surface area contributed by atoms with E-state index in [4.69, 9.17) is 32.7 Å². The number of carbonyl (C=O) groups is 1. The highest BCUT2D eigenvalue weighted by Crippen LogP contribution is 2.24. The average Bonchev–Trinajstić information content (AvgIpc) is 2.56. The topological polar surface area (TPSA) is 35.5 Å². The standard InChI is InChI=1S/C19H20Cl2O3/c1-3-18(19(22)23-4-2)24-16-9-5-13(6-10-16)11-14-7-8-15(20)12-17(14)21/h5-10,12,18H,3-4,11H2,1-2H3. The Kier molecular flexibility index (Phi) is 6.95. The molecule has 0 heterocycles. The predicted molar refractivity (Wildman–Crippen MR) is 97.1 cm³/mol. The summed E-state index contributed by atoms with van der Waals surface area (Å²) in [5.41, 5.74) is 2.10. The molecule has 0 aliphatic heterocycles. The van der Waals surface area contributed by atoms with Gasteiger partial charge in [-0.1, -0.05) is 48.3 Å². The van der Waals surface area contributed by atoms with Crippen LogP contribution in [0.3, 0.4) is 0 Å². The summed E-state index contributed by atoms with van der Waals surface area (Å²) in [6.07, 6.45) is 0.674. The lowest BCUT2D eigenvalue weighted by atomic mass is 10.0. The molecule has 0 aromatic heterocycles. The van der Waals surface area contributed by atoms with Crippen molar-refractivity contribution in [2.45, 2.75) is 32.8 Å². The fourth-order valence-corrected chi connectivity index (χ4v) is 2.74. The fraction of sp³-hybridized carbons (Fsp3) is 0.316. The van der Waals surface area contributed by atoms with Gasteiger partial charge in [0, 0.05) is 10.0 Å². The summed E-state index contributed by atoms with van der Waals surface area (Å²) >= 11 is 12.1. The minimum absolute atomic E-state index is 0.336. The van der Waals surface area contributed by atoms with Crippen LogP contribution in [0, 0.1) is 0 Å². The summed E-state index contributed by atoms with van der Waals surface area (Å²) in [7, 11) is 0. The summed E-state index contributed by atoms with van der Waals surface area (Å²) in [5, 5.41) is 1.27. The van der Waals surface area contributed by atoms with Crippen LogP contribution in [0.15, 0.2) is 42.5 Å². The van der Waals surface area contributed by atoms with Crippen molar-refractivity contribution in [2.24, 2.45) is 0 Å². The molecular weight excluding hydrogens is 347 g/mol. The molecule has 3 nitrogen and oxygen atoms in total. The van der Waals surface area contributed by atoms with Crippen LogP contribution < -0.4 is 4.74 Å². The average molecular weight is 367 g/mol. The number of hydrogen-bond acceptors (Lipinski definition) is 3. The lowest BCUT2D eigenvalue weighted by molar-refractivity contribution is -0.151. The van der Waals surface area contributed by atoms with Crippen molar-refractivity contribution < 1.29 is 14.3 Å². The first-order valence-corrected chi connectivity index (χ1v) is 8.65. The molecule has 1 unspecified atom stereocenters. The van der Waals surface area contributed by atoms with Crippen LogP contribution in [-0.2, 0) is 16.0 Å². The van der Waals surface area contributed by atoms with Gasteiger partial charge in [0.05, 0.1) is 6.61 Å². The Morgan fingerprint density at radius 2 is 1.79 bits per heavy atom. The van der Waals surface area contributed by atoms with Gasteiger partial charge in [0.15, 0.2) is 6.10 Å². The third-order valence-corrected chi connectivity index (χ3v) is 4.12. The molecule has 0 aliphatic rings. The van der Waals surface area contributed by atoms with E-state index >= 15 is 0 Å². The maximum absolute atomic E-state index is 11.8. The summed E-state index contributed by atoms with van der Waals surface area (Å²) < 4.78 is 10.7. The van der Waals surface area contributed by atoms with Gasteiger partial charge in [0.1, 0.15) is 5.75 Å². The van der Waals surface area contributed by atoms with E-state index in [0.29, 0.717) is 35.2 Å². The van der Waals surface area contributed by atoms with Gasteiger partial charge in [0.2, 0.25) is 0 Å². The Morgan fingerprint density at radius 3 is 2.38 bits per heavy atom. The first-order valence-electron chi connectivity index (χ1n) is 7.89. The number of esters is 1. The normalized spacial score (nSPS) is 11.8. The van der Waals surface area contributed by atoms with Gasteiger partial charge in [-0.3, -0.25) is 0 Å². The van der Waals surface area contributed by atoms with Gasteiger partial charge < -0.3 is 9.47 Å². The molecule has 2 aromatic carbocycles. The molecule has 0 fully saturated rings. The number of halogens is 2. The maximum atomic E-state index is 11.8. The van der Waals surface area contributed by atoms with Gasteiger partial charge in [-0.15, -0.1) is 0 Å². The highest BCUT2D eigenvalue weighted by atomic mass is 35.5. The monoisotopic (exact) mass is 366 g/mol. The SMILES string of the molecule is CCOC(=O)C(CC)Oc1ccc(Cc2ccc(Cl)cc2Cl)cc1. The Hall–Kier alpha value is -1.71. The van der Waals surface area contributed by atoms with Crippen LogP contribution in [0.4, 0.5) is 0 Å². The Morgan fingerprint density at radius 1 is 1.08 bits per heavy atom. The minimum Gasteiger partial charge on any atom is -0.479 e. The zero-order valence-electron chi connectivity index (χ0n) is 13.7. The van der Waals surface area contributed by atoms with Crippen LogP contribution in [0.5, 0.6) is 5.75 Å². The quantitative estimate of drug-likeness (QED) is 0.623. The van der Waals surface area contributed by atoms with Gasteiger partial charge >= 0.3 is 5.97 Å². The minimum atomic E-state index is -0.582. The van der Waals surface area contributed by atoms with Crippen molar-refractivity contribution in [1.29, 1.82) is 0 Å². The van der Waals surface area contributed by atoms with Crippen LogP contribution in [-0.4, -0.2) is 18.7 Å². The summed E-state index contributed by atoms with van der Waals surface area (Å²) in [5.74, 6) is 0.304. The largest absolute Gasteiger partial charge is 0.479 e. The van der Waals surface area contributed by atoms with Crippen LogP contribution >= 0.6 is 23.2 Å². The number of hydrogen-bond donors (Lipinski definition) is 0. The number of benzene rings is 2. The first kappa shape index (κ1) is 18.6. The maximum Gasteiger partial charge on any atom is 0.347 e. The first-order chi connectivity index (χ1) is 11.5.